The topological polar surface area (TPSA) is 37.3 Å². The lowest BCUT2D eigenvalue weighted by Crippen LogP contribution is -2.34. The van der Waals surface area contributed by atoms with Crippen LogP contribution in [0.3, 0.4) is 0 Å². The summed E-state index contributed by atoms with van der Waals surface area (Å²) in [6.45, 7) is 1.80. The van der Waals surface area contributed by atoms with Gasteiger partial charge in [0.2, 0.25) is 0 Å². The van der Waals surface area contributed by atoms with Crippen LogP contribution in [-0.4, -0.2) is 11.1 Å². The van der Waals surface area contributed by atoms with Crippen molar-refractivity contribution in [2.45, 2.75) is 18.8 Å². The molecule has 2 nitrogen and oxygen atoms in total. The molecule has 1 unspecified atom stereocenters. The highest BCUT2D eigenvalue weighted by atomic mass is 16.4. The van der Waals surface area contributed by atoms with Gasteiger partial charge in [-0.05, 0) is 35.2 Å². The largest absolute Gasteiger partial charge is 0.481 e. The lowest BCUT2D eigenvalue weighted by atomic mass is 9.76. The van der Waals surface area contributed by atoms with Crippen molar-refractivity contribution in [1.82, 2.24) is 0 Å². The third-order valence-electron chi connectivity index (χ3n) is 4.31. The molecule has 3 aromatic rings. The fourth-order valence-corrected chi connectivity index (χ4v) is 2.93. The molecule has 0 aliphatic heterocycles. The van der Waals surface area contributed by atoms with Crippen LogP contribution in [0, 0.1) is 0 Å². The summed E-state index contributed by atoms with van der Waals surface area (Å²) in [4.78, 5) is 12.0. The number of carboxylic acids is 1. The summed E-state index contributed by atoms with van der Waals surface area (Å²) in [6.07, 6.45) is 0.466. The van der Waals surface area contributed by atoms with E-state index in [-0.39, 0.29) is 0 Å². The predicted octanol–water partition coefficient (Wildman–Crippen LogP) is 4.42. The average Bonchev–Trinajstić information content (AvgIpc) is 2.56. The van der Waals surface area contributed by atoms with Crippen LogP contribution >= 0.6 is 0 Å². The Hall–Kier alpha value is -2.61. The van der Waals surface area contributed by atoms with E-state index in [1.165, 1.54) is 0 Å². The Balaban J connectivity index is 2.10. The van der Waals surface area contributed by atoms with E-state index in [0.717, 1.165) is 21.9 Å². The van der Waals surface area contributed by atoms with Crippen molar-refractivity contribution < 1.29 is 9.90 Å². The van der Waals surface area contributed by atoms with Crippen LogP contribution in [0.15, 0.2) is 72.8 Å². The average molecular weight is 290 g/mol. The van der Waals surface area contributed by atoms with E-state index in [0.29, 0.717) is 6.42 Å². The number of benzene rings is 3. The van der Waals surface area contributed by atoms with Gasteiger partial charge >= 0.3 is 5.97 Å². The zero-order chi connectivity index (χ0) is 15.6. The number of aliphatic carboxylic acids is 1. The van der Waals surface area contributed by atoms with E-state index in [1.807, 2.05) is 54.6 Å². The standard InChI is InChI=1S/C20H18O2/c1-20(19(21)22,17-11-3-2-4-12-17)14-16-10-7-9-15-8-5-6-13-18(15)16/h2-13H,14H2,1H3,(H,21,22). The molecule has 2 heteroatoms. The van der Waals surface area contributed by atoms with E-state index in [1.54, 1.807) is 6.92 Å². The number of carboxylic acid groups (broad SMARTS) is 1. The van der Waals surface area contributed by atoms with Crippen molar-refractivity contribution in [1.29, 1.82) is 0 Å². The molecule has 0 saturated heterocycles. The van der Waals surface area contributed by atoms with E-state index in [4.69, 9.17) is 0 Å². The molecule has 22 heavy (non-hydrogen) atoms. The minimum absolute atomic E-state index is 0.466. The van der Waals surface area contributed by atoms with Gasteiger partial charge in [0.1, 0.15) is 0 Å². The minimum atomic E-state index is -0.939. The smallest absolute Gasteiger partial charge is 0.314 e. The first-order chi connectivity index (χ1) is 10.6. The lowest BCUT2D eigenvalue weighted by Gasteiger charge is -2.26. The second-order valence-electron chi connectivity index (χ2n) is 5.82. The highest BCUT2D eigenvalue weighted by Crippen LogP contribution is 2.31. The summed E-state index contributed by atoms with van der Waals surface area (Å²) >= 11 is 0. The Morgan fingerprint density at radius 3 is 2.27 bits per heavy atom. The molecular weight excluding hydrogens is 272 g/mol. The molecule has 3 aromatic carbocycles. The Kier molecular flexibility index (Phi) is 3.68. The lowest BCUT2D eigenvalue weighted by molar-refractivity contribution is -0.143. The number of hydrogen-bond donors (Lipinski definition) is 1. The number of rotatable bonds is 4. The molecule has 0 aromatic heterocycles. The van der Waals surface area contributed by atoms with Crippen molar-refractivity contribution in [3.63, 3.8) is 0 Å². The van der Waals surface area contributed by atoms with Gasteiger partial charge in [0.15, 0.2) is 0 Å². The van der Waals surface area contributed by atoms with Crippen LogP contribution in [0.1, 0.15) is 18.1 Å². The summed E-state index contributed by atoms with van der Waals surface area (Å²) in [5.41, 5.74) is 0.952. The molecule has 0 bridgehead atoms. The van der Waals surface area contributed by atoms with E-state index < -0.39 is 11.4 Å². The highest BCUT2D eigenvalue weighted by molar-refractivity contribution is 5.88. The normalized spacial score (nSPS) is 13.7. The first-order valence-corrected chi connectivity index (χ1v) is 7.37. The second-order valence-corrected chi connectivity index (χ2v) is 5.82. The van der Waals surface area contributed by atoms with Gasteiger partial charge in [-0.15, -0.1) is 0 Å². The van der Waals surface area contributed by atoms with Gasteiger partial charge in [-0.2, -0.15) is 0 Å². The van der Waals surface area contributed by atoms with Crippen LogP contribution < -0.4 is 0 Å². The van der Waals surface area contributed by atoms with E-state index >= 15 is 0 Å². The SMILES string of the molecule is CC(Cc1cccc2ccccc12)(C(=O)O)c1ccccc1. The van der Waals surface area contributed by atoms with Gasteiger partial charge in [-0.3, -0.25) is 4.79 Å². The van der Waals surface area contributed by atoms with Crippen LogP contribution in [0.25, 0.3) is 10.8 Å². The van der Waals surface area contributed by atoms with Gasteiger partial charge < -0.3 is 5.11 Å². The summed E-state index contributed by atoms with van der Waals surface area (Å²) in [6, 6.07) is 23.6. The molecule has 1 atom stereocenters. The predicted molar refractivity (Wildman–Crippen MR) is 89.1 cm³/mol. The van der Waals surface area contributed by atoms with Crippen molar-refractivity contribution in [2.75, 3.05) is 0 Å². The monoisotopic (exact) mass is 290 g/mol. The number of carbonyl (C=O) groups is 1. The molecule has 0 fully saturated rings. The van der Waals surface area contributed by atoms with E-state index in [9.17, 15) is 9.90 Å². The minimum Gasteiger partial charge on any atom is -0.481 e. The second kappa shape index (κ2) is 5.64. The fourth-order valence-electron chi connectivity index (χ4n) is 2.93. The Labute approximate surface area is 130 Å². The molecule has 0 amide bonds. The molecule has 1 N–H and O–H groups in total. The first-order valence-electron chi connectivity index (χ1n) is 7.37. The summed E-state index contributed by atoms with van der Waals surface area (Å²) in [5, 5.41) is 12.1. The van der Waals surface area contributed by atoms with Crippen molar-refractivity contribution in [3.8, 4) is 0 Å². The van der Waals surface area contributed by atoms with E-state index in [2.05, 4.69) is 18.2 Å². The zero-order valence-corrected chi connectivity index (χ0v) is 12.5. The Morgan fingerprint density at radius 1 is 0.909 bits per heavy atom. The maximum Gasteiger partial charge on any atom is 0.314 e. The van der Waals surface area contributed by atoms with Gasteiger partial charge in [-0.1, -0.05) is 72.8 Å². The summed E-state index contributed by atoms with van der Waals surface area (Å²) in [5.74, 6) is -0.799. The van der Waals surface area contributed by atoms with Gasteiger partial charge in [0.25, 0.3) is 0 Å². The molecule has 0 spiro atoms. The molecule has 3 rings (SSSR count). The van der Waals surface area contributed by atoms with Crippen molar-refractivity contribution >= 4 is 16.7 Å². The molecule has 0 radical (unpaired) electrons. The Morgan fingerprint density at radius 2 is 1.55 bits per heavy atom. The summed E-state index contributed by atoms with van der Waals surface area (Å²) in [7, 11) is 0. The molecule has 110 valence electrons. The fraction of sp³-hybridized carbons (Fsp3) is 0.150. The third-order valence-corrected chi connectivity index (χ3v) is 4.31. The first kappa shape index (κ1) is 14.3. The third kappa shape index (κ3) is 2.48. The van der Waals surface area contributed by atoms with Crippen molar-refractivity contribution in [3.05, 3.63) is 83.9 Å². The quantitative estimate of drug-likeness (QED) is 0.772. The maximum atomic E-state index is 12.0. The number of hydrogen-bond acceptors (Lipinski definition) is 1. The van der Waals surface area contributed by atoms with Crippen LogP contribution in [0.2, 0.25) is 0 Å². The van der Waals surface area contributed by atoms with Crippen LogP contribution in [0.4, 0.5) is 0 Å². The van der Waals surface area contributed by atoms with Gasteiger partial charge in [-0.25, -0.2) is 0 Å². The van der Waals surface area contributed by atoms with Gasteiger partial charge in [0.05, 0.1) is 5.41 Å². The van der Waals surface area contributed by atoms with Crippen LogP contribution in [0.5, 0.6) is 0 Å². The van der Waals surface area contributed by atoms with Gasteiger partial charge in [0, 0.05) is 0 Å². The summed E-state index contributed by atoms with van der Waals surface area (Å²) < 4.78 is 0. The van der Waals surface area contributed by atoms with Crippen molar-refractivity contribution in [2.24, 2.45) is 0 Å². The number of fused-ring (bicyclic) bond motifs is 1. The molecule has 0 aliphatic carbocycles. The zero-order valence-electron chi connectivity index (χ0n) is 12.5. The molecule has 0 aliphatic rings. The van der Waals surface area contributed by atoms with Crippen LogP contribution in [-0.2, 0) is 16.6 Å². The maximum absolute atomic E-state index is 12.0. The Bertz CT molecular complexity index is 803. The molecular formula is C20H18O2. The molecule has 0 saturated carbocycles. The molecule has 0 heterocycles. The highest BCUT2D eigenvalue weighted by Gasteiger charge is 2.35.